The average Bonchev–Trinajstić information content (AvgIpc) is 3.14. The van der Waals surface area contributed by atoms with E-state index in [0.29, 0.717) is 21.6 Å². The van der Waals surface area contributed by atoms with Crippen LogP contribution in [0.3, 0.4) is 0 Å². The minimum Gasteiger partial charge on any atom is -0.295 e. The van der Waals surface area contributed by atoms with Crippen molar-refractivity contribution in [3.63, 3.8) is 0 Å². The van der Waals surface area contributed by atoms with Crippen molar-refractivity contribution in [1.82, 2.24) is 15.2 Å². The molecular weight excluding hydrogens is 359 g/mol. The number of halogens is 1. The molecule has 3 rings (SSSR count). The summed E-state index contributed by atoms with van der Waals surface area (Å²) >= 11 is 2.77. The van der Waals surface area contributed by atoms with Crippen molar-refractivity contribution in [2.75, 3.05) is 5.32 Å². The molecule has 5 nitrogen and oxygen atoms in total. The molecule has 0 radical (unpaired) electrons. The molecule has 0 aliphatic rings. The summed E-state index contributed by atoms with van der Waals surface area (Å²) in [5, 5.41) is 13.0. The number of nitrogens with one attached hydrogen (secondary N) is 1. The molecule has 130 valence electrons. The number of anilines is 1. The van der Waals surface area contributed by atoms with E-state index < -0.39 is 0 Å². The van der Waals surface area contributed by atoms with Crippen LogP contribution in [0.25, 0.3) is 10.4 Å². The van der Waals surface area contributed by atoms with Gasteiger partial charge in [0.25, 0.3) is 5.91 Å². The lowest BCUT2D eigenvalue weighted by molar-refractivity contribution is 0.102. The highest BCUT2D eigenvalue weighted by Crippen LogP contribution is 2.31. The van der Waals surface area contributed by atoms with Gasteiger partial charge in [-0.25, -0.2) is 9.37 Å². The summed E-state index contributed by atoms with van der Waals surface area (Å²) in [6.45, 7) is 6.04. The van der Waals surface area contributed by atoms with Crippen molar-refractivity contribution in [3.05, 3.63) is 45.8 Å². The number of rotatable bonds is 5. The normalized spacial score (nSPS) is 11.1. The van der Waals surface area contributed by atoms with Crippen LogP contribution in [0.2, 0.25) is 0 Å². The van der Waals surface area contributed by atoms with E-state index >= 15 is 0 Å². The molecule has 1 aromatic carbocycles. The first-order valence-electron chi connectivity index (χ1n) is 7.79. The van der Waals surface area contributed by atoms with Crippen LogP contribution in [0.4, 0.5) is 9.52 Å². The number of carbonyl (C=O) groups is 1. The predicted molar refractivity (Wildman–Crippen MR) is 98.6 cm³/mol. The maximum absolute atomic E-state index is 13.1. The highest BCUT2D eigenvalue weighted by molar-refractivity contribution is 7.16. The molecule has 1 N–H and O–H groups in total. The Balaban J connectivity index is 1.83. The first-order valence-corrected chi connectivity index (χ1v) is 9.42. The van der Waals surface area contributed by atoms with E-state index in [4.69, 9.17) is 0 Å². The molecule has 0 bridgehead atoms. The summed E-state index contributed by atoms with van der Waals surface area (Å²) in [5.41, 5.74) is 1.07. The third kappa shape index (κ3) is 4.26. The number of carbonyl (C=O) groups excluding carboxylic acids is 1. The lowest BCUT2D eigenvalue weighted by Crippen LogP contribution is -2.13. The Morgan fingerprint density at radius 2 is 1.92 bits per heavy atom. The van der Waals surface area contributed by atoms with E-state index in [0.717, 1.165) is 22.0 Å². The van der Waals surface area contributed by atoms with Crippen molar-refractivity contribution < 1.29 is 9.18 Å². The van der Waals surface area contributed by atoms with E-state index in [2.05, 4.69) is 34.3 Å². The Kier molecular flexibility index (Phi) is 5.19. The van der Waals surface area contributed by atoms with Crippen LogP contribution in [0, 0.1) is 18.7 Å². The van der Waals surface area contributed by atoms with Crippen LogP contribution in [0.5, 0.6) is 0 Å². The van der Waals surface area contributed by atoms with Gasteiger partial charge in [-0.15, -0.1) is 21.5 Å². The van der Waals surface area contributed by atoms with Crippen LogP contribution in [-0.2, 0) is 6.42 Å². The van der Waals surface area contributed by atoms with Crippen LogP contribution in [-0.4, -0.2) is 21.1 Å². The molecule has 1 amide bonds. The summed E-state index contributed by atoms with van der Waals surface area (Å²) in [6.07, 6.45) is 0.824. The summed E-state index contributed by atoms with van der Waals surface area (Å²) in [6, 6.07) is 6.03. The number of nitrogens with zero attached hydrogens (tertiary/aromatic N) is 3. The minimum atomic E-state index is -0.337. The fourth-order valence-corrected chi connectivity index (χ4v) is 4.14. The lowest BCUT2D eigenvalue weighted by atomic mass is 10.1. The van der Waals surface area contributed by atoms with Gasteiger partial charge in [-0.1, -0.05) is 37.3 Å². The molecule has 3 aromatic rings. The zero-order valence-corrected chi connectivity index (χ0v) is 15.7. The summed E-state index contributed by atoms with van der Waals surface area (Å²) in [7, 11) is 0. The van der Waals surface area contributed by atoms with Gasteiger partial charge in [0.2, 0.25) is 5.13 Å². The third-order valence-corrected chi connectivity index (χ3v) is 5.21. The molecule has 0 unspecified atom stereocenters. The van der Waals surface area contributed by atoms with E-state index in [1.54, 1.807) is 12.1 Å². The van der Waals surface area contributed by atoms with Crippen LogP contribution in [0.1, 0.15) is 34.4 Å². The number of amides is 1. The average molecular weight is 376 g/mol. The minimum absolute atomic E-state index is 0.315. The van der Waals surface area contributed by atoms with Gasteiger partial charge in [0.15, 0.2) is 0 Å². The van der Waals surface area contributed by atoms with Crippen molar-refractivity contribution in [2.24, 2.45) is 5.92 Å². The Morgan fingerprint density at radius 1 is 1.20 bits per heavy atom. The molecule has 0 saturated carbocycles. The van der Waals surface area contributed by atoms with Gasteiger partial charge in [-0.3, -0.25) is 10.1 Å². The molecule has 25 heavy (non-hydrogen) atoms. The molecule has 0 fully saturated rings. The monoisotopic (exact) mass is 376 g/mol. The third-order valence-electron chi connectivity index (χ3n) is 3.33. The zero-order chi connectivity index (χ0) is 18.0. The van der Waals surface area contributed by atoms with Gasteiger partial charge in [-0.05, 0) is 30.5 Å². The largest absolute Gasteiger partial charge is 0.295 e. The standard InChI is InChI=1S/C17H17FN4OS2/c1-9(2)8-13-21-22-17(25-13)20-16(23)14-15(24-10(3)19-14)11-4-6-12(18)7-5-11/h4-7,9H,8H2,1-3H3,(H,20,22,23). The molecule has 0 spiro atoms. The fraction of sp³-hybridized carbons (Fsp3) is 0.294. The molecular formula is C17H17FN4OS2. The van der Waals surface area contributed by atoms with Crippen molar-refractivity contribution in [2.45, 2.75) is 27.2 Å². The summed E-state index contributed by atoms with van der Waals surface area (Å²) < 4.78 is 13.1. The number of aromatic nitrogens is 3. The highest BCUT2D eigenvalue weighted by atomic mass is 32.1. The van der Waals surface area contributed by atoms with E-state index in [1.807, 2.05) is 6.92 Å². The summed E-state index contributed by atoms with van der Waals surface area (Å²) in [4.78, 5) is 17.7. The molecule has 0 aliphatic heterocycles. The second-order valence-corrected chi connectivity index (χ2v) is 8.24. The number of thiazole rings is 1. The van der Waals surface area contributed by atoms with Crippen LogP contribution < -0.4 is 5.32 Å². The number of hydrogen-bond donors (Lipinski definition) is 1. The van der Waals surface area contributed by atoms with Crippen LogP contribution in [0.15, 0.2) is 24.3 Å². The number of aryl methyl sites for hydroxylation is 1. The van der Waals surface area contributed by atoms with Crippen molar-refractivity contribution in [3.8, 4) is 10.4 Å². The molecule has 2 aromatic heterocycles. The van der Waals surface area contributed by atoms with Crippen molar-refractivity contribution >= 4 is 33.7 Å². The first-order chi connectivity index (χ1) is 11.9. The maximum atomic E-state index is 13.1. The Hall–Kier alpha value is -2.19. The van der Waals surface area contributed by atoms with E-state index in [9.17, 15) is 9.18 Å². The molecule has 0 atom stereocenters. The Morgan fingerprint density at radius 3 is 2.60 bits per heavy atom. The maximum Gasteiger partial charge on any atom is 0.277 e. The number of benzene rings is 1. The van der Waals surface area contributed by atoms with E-state index in [-0.39, 0.29) is 11.7 Å². The van der Waals surface area contributed by atoms with Gasteiger partial charge in [-0.2, -0.15) is 0 Å². The Bertz CT molecular complexity index is 886. The molecule has 0 aliphatic carbocycles. The fourth-order valence-electron chi connectivity index (χ4n) is 2.27. The highest BCUT2D eigenvalue weighted by Gasteiger charge is 2.20. The SMILES string of the molecule is Cc1nc(C(=O)Nc2nnc(CC(C)C)s2)c(-c2ccc(F)cc2)s1. The van der Waals surface area contributed by atoms with Gasteiger partial charge in [0.1, 0.15) is 16.5 Å². The predicted octanol–water partition coefficient (Wildman–Crippen LogP) is 4.56. The van der Waals surface area contributed by atoms with Gasteiger partial charge < -0.3 is 0 Å². The Labute approximate surface area is 153 Å². The second-order valence-electron chi connectivity index (χ2n) is 5.97. The van der Waals surface area contributed by atoms with Crippen molar-refractivity contribution in [1.29, 1.82) is 0 Å². The number of hydrogen-bond acceptors (Lipinski definition) is 6. The summed E-state index contributed by atoms with van der Waals surface area (Å²) in [5.74, 6) is -0.179. The zero-order valence-electron chi connectivity index (χ0n) is 14.0. The van der Waals surface area contributed by atoms with E-state index in [1.165, 1.54) is 34.8 Å². The van der Waals surface area contributed by atoms with Gasteiger partial charge in [0, 0.05) is 6.42 Å². The topological polar surface area (TPSA) is 67.8 Å². The molecule has 2 heterocycles. The smallest absolute Gasteiger partial charge is 0.277 e. The molecule has 8 heteroatoms. The molecule has 0 saturated heterocycles. The quantitative estimate of drug-likeness (QED) is 0.709. The second kappa shape index (κ2) is 7.37. The van der Waals surface area contributed by atoms with Gasteiger partial charge >= 0.3 is 0 Å². The first kappa shape index (κ1) is 17.6. The lowest BCUT2D eigenvalue weighted by Gasteiger charge is -2.02. The van der Waals surface area contributed by atoms with Gasteiger partial charge in [0.05, 0.1) is 9.88 Å². The van der Waals surface area contributed by atoms with Crippen LogP contribution >= 0.6 is 22.7 Å².